The number of carbonyl (C=O) groups excluding carboxylic acids is 3. The third-order valence-electron chi connectivity index (χ3n) is 4.38. The van der Waals surface area contributed by atoms with Crippen molar-refractivity contribution in [2.75, 3.05) is 17.4 Å². The molecule has 0 spiro atoms. The van der Waals surface area contributed by atoms with Crippen LogP contribution < -0.4 is 20.1 Å². The smallest absolute Gasteiger partial charge is 0.308 e. The van der Waals surface area contributed by atoms with Gasteiger partial charge >= 0.3 is 5.97 Å². The van der Waals surface area contributed by atoms with Gasteiger partial charge in [-0.2, -0.15) is 0 Å². The highest BCUT2D eigenvalue weighted by molar-refractivity contribution is 8.01. The lowest BCUT2D eigenvalue weighted by Gasteiger charge is -2.23. The van der Waals surface area contributed by atoms with Crippen molar-refractivity contribution in [2.24, 2.45) is 0 Å². The first kappa shape index (κ1) is 19.1. The maximum absolute atomic E-state index is 12.3. The fraction of sp³-hybridized carbons (Fsp3) is 0.250. The standard InChI is InChI=1S/C20H18N2O6S/c1-11(19(24)21-12-6-7-14-15(8-12)27-10-26-14)28-18(23)9-17-20(25)22-13-4-2-3-5-16(13)29-17/h2-8,11,17H,9-10H2,1H3,(H,21,24)(H,22,25). The summed E-state index contributed by atoms with van der Waals surface area (Å²) < 4.78 is 15.7. The van der Waals surface area contributed by atoms with E-state index in [9.17, 15) is 14.4 Å². The van der Waals surface area contributed by atoms with E-state index in [1.165, 1.54) is 18.7 Å². The number of esters is 1. The number of thioether (sulfide) groups is 1. The Labute approximate surface area is 170 Å². The number of para-hydroxylation sites is 1. The minimum atomic E-state index is -1.02. The lowest BCUT2D eigenvalue weighted by molar-refractivity contribution is -0.153. The van der Waals surface area contributed by atoms with Crippen LogP contribution in [-0.2, 0) is 19.1 Å². The molecule has 2 atom stereocenters. The minimum Gasteiger partial charge on any atom is -0.454 e. The normalized spacial score (nSPS) is 17.7. The molecule has 0 aliphatic carbocycles. The van der Waals surface area contributed by atoms with Crippen molar-refractivity contribution in [3.05, 3.63) is 42.5 Å². The second-order valence-electron chi connectivity index (χ2n) is 6.49. The second kappa shape index (κ2) is 8.04. The van der Waals surface area contributed by atoms with Gasteiger partial charge in [0.25, 0.3) is 5.91 Å². The van der Waals surface area contributed by atoms with Crippen molar-refractivity contribution in [1.82, 2.24) is 0 Å². The van der Waals surface area contributed by atoms with Crippen molar-refractivity contribution in [3.8, 4) is 11.5 Å². The zero-order valence-electron chi connectivity index (χ0n) is 15.5. The van der Waals surface area contributed by atoms with Gasteiger partial charge in [0.2, 0.25) is 12.7 Å². The number of benzene rings is 2. The highest BCUT2D eigenvalue weighted by Crippen LogP contribution is 2.37. The van der Waals surface area contributed by atoms with Crippen LogP contribution in [0.4, 0.5) is 11.4 Å². The van der Waals surface area contributed by atoms with E-state index < -0.39 is 23.2 Å². The highest BCUT2D eigenvalue weighted by Gasteiger charge is 2.30. The lowest BCUT2D eigenvalue weighted by Crippen LogP contribution is -2.34. The zero-order valence-corrected chi connectivity index (χ0v) is 16.3. The Morgan fingerprint density at radius 1 is 1.24 bits per heavy atom. The number of fused-ring (bicyclic) bond motifs is 2. The fourth-order valence-electron chi connectivity index (χ4n) is 2.90. The van der Waals surface area contributed by atoms with E-state index in [-0.39, 0.29) is 19.1 Å². The maximum Gasteiger partial charge on any atom is 0.308 e. The molecule has 2 unspecified atom stereocenters. The van der Waals surface area contributed by atoms with Crippen LogP contribution in [0.3, 0.4) is 0 Å². The Balaban J connectivity index is 1.31. The molecule has 8 nitrogen and oxygen atoms in total. The molecular weight excluding hydrogens is 396 g/mol. The van der Waals surface area contributed by atoms with Crippen molar-refractivity contribution in [1.29, 1.82) is 0 Å². The van der Waals surface area contributed by atoms with E-state index in [0.29, 0.717) is 17.2 Å². The quantitative estimate of drug-likeness (QED) is 0.725. The number of ether oxygens (including phenoxy) is 3. The summed E-state index contributed by atoms with van der Waals surface area (Å²) in [6, 6.07) is 12.4. The van der Waals surface area contributed by atoms with E-state index in [4.69, 9.17) is 14.2 Å². The van der Waals surface area contributed by atoms with Gasteiger partial charge in [-0.25, -0.2) is 0 Å². The van der Waals surface area contributed by atoms with Crippen molar-refractivity contribution < 1.29 is 28.6 Å². The third-order valence-corrected chi connectivity index (χ3v) is 5.65. The van der Waals surface area contributed by atoms with E-state index in [1.807, 2.05) is 18.2 Å². The summed E-state index contributed by atoms with van der Waals surface area (Å²) in [5.74, 6) is -0.225. The highest BCUT2D eigenvalue weighted by atomic mass is 32.2. The minimum absolute atomic E-state index is 0.132. The molecule has 0 fully saturated rings. The lowest BCUT2D eigenvalue weighted by atomic mass is 10.2. The van der Waals surface area contributed by atoms with Crippen LogP contribution in [-0.4, -0.2) is 35.9 Å². The molecule has 2 aliphatic rings. The molecule has 0 bridgehead atoms. The molecule has 2 aromatic carbocycles. The van der Waals surface area contributed by atoms with Crippen LogP contribution in [0.25, 0.3) is 0 Å². The summed E-state index contributed by atoms with van der Waals surface area (Å²) in [7, 11) is 0. The van der Waals surface area contributed by atoms with Crippen molar-refractivity contribution in [2.45, 2.75) is 29.6 Å². The topological polar surface area (TPSA) is 103 Å². The number of hydrogen-bond donors (Lipinski definition) is 2. The monoisotopic (exact) mass is 414 g/mol. The predicted molar refractivity (Wildman–Crippen MR) is 106 cm³/mol. The summed E-state index contributed by atoms with van der Waals surface area (Å²) in [6.45, 7) is 1.61. The van der Waals surface area contributed by atoms with Crippen LogP contribution in [0.2, 0.25) is 0 Å². The van der Waals surface area contributed by atoms with Crippen LogP contribution in [0.5, 0.6) is 11.5 Å². The number of amides is 2. The summed E-state index contributed by atoms with van der Waals surface area (Å²) in [6.07, 6.45) is -1.15. The molecule has 2 N–H and O–H groups in total. The molecule has 2 heterocycles. The average Bonchev–Trinajstić information content (AvgIpc) is 3.16. The van der Waals surface area contributed by atoms with Gasteiger partial charge in [0.05, 0.1) is 17.4 Å². The van der Waals surface area contributed by atoms with E-state index in [1.54, 1.807) is 24.3 Å². The Kier molecular flexibility index (Phi) is 5.30. The first-order valence-electron chi connectivity index (χ1n) is 8.96. The molecule has 0 saturated heterocycles. The molecular formula is C20H18N2O6S. The number of hydrogen-bond acceptors (Lipinski definition) is 7. The molecule has 150 valence electrons. The molecule has 2 amide bonds. The van der Waals surface area contributed by atoms with Gasteiger partial charge in [-0.3, -0.25) is 14.4 Å². The van der Waals surface area contributed by atoms with Gasteiger partial charge in [0, 0.05) is 16.6 Å². The molecule has 2 aliphatic heterocycles. The molecule has 0 saturated carbocycles. The van der Waals surface area contributed by atoms with Crippen LogP contribution in [0.1, 0.15) is 13.3 Å². The first-order valence-corrected chi connectivity index (χ1v) is 9.84. The van der Waals surface area contributed by atoms with Gasteiger partial charge < -0.3 is 24.8 Å². The average molecular weight is 414 g/mol. The Bertz CT molecular complexity index is 979. The Hall–Kier alpha value is -3.20. The Morgan fingerprint density at radius 3 is 2.90 bits per heavy atom. The van der Waals surface area contributed by atoms with Crippen molar-refractivity contribution in [3.63, 3.8) is 0 Å². The first-order chi connectivity index (χ1) is 14.0. The summed E-state index contributed by atoms with van der Waals surface area (Å²) in [5, 5.41) is 4.83. The summed E-state index contributed by atoms with van der Waals surface area (Å²) >= 11 is 1.30. The SMILES string of the molecule is CC(OC(=O)CC1Sc2ccccc2NC1=O)C(=O)Nc1ccc2c(c1)OCO2. The van der Waals surface area contributed by atoms with Crippen LogP contribution in [0, 0.1) is 0 Å². The van der Waals surface area contributed by atoms with E-state index >= 15 is 0 Å². The summed E-state index contributed by atoms with van der Waals surface area (Å²) in [5.41, 5.74) is 1.23. The van der Waals surface area contributed by atoms with Gasteiger partial charge in [0.15, 0.2) is 17.6 Å². The molecule has 0 aromatic heterocycles. The maximum atomic E-state index is 12.3. The van der Waals surface area contributed by atoms with Crippen molar-refractivity contribution >= 4 is 40.9 Å². The number of rotatable bonds is 5. The summed E-state index contributed by atoms with van der Waals surface area (Å²) in [4.78, 5) is 37.7. The van der Waals surface area contributed by atoms with Gasteiger partial charge in [-0.15, -0.1) is 11.8 Å². The zero-order chi connectivity index (χ0) is 20.4. The molecule has 0 radical (unpaired) electrons. The Morgan fingerprint density at radius 2 is 2.03 bits per heavy atom. The number of nitrogens with one attached hydrogen (secondary N) is 2. The van der Waals surface area contributed by atoms with Gasteiger partial charge in [-0.05, 0) is 31.2 Å². The van der Waals surface area contributed by atoms with E-state index in [0.717, 1.165) is 10.6 Å². The molecule has 29 heavy (non-hydrogen) atoms. The fourth-order valence-corrected chi connectivity index (χ4v) is 3.99. The molecule has 9 heteroatoms. The van der Waals surface area contributed by atoms with Gasteiger partial charge in [-0.1, -0.05) is 12.1 Å². The second-order valence-corrected chi connectivity index (χ2v) is 7.73. The van der Waals surface area contributed by atoms with Crippen LogP contribution >= 0.6 is 11.8 Å². The van der Waals surface area contributed by atoms with E-state index in [2.05, 4.69) is 10.6 Å². The largest absolute Gasteiger partial charge is 0.454 e. The molecule has 4 rings (SSSR count). The number of anilines is 2. The van der Waals surface area contributed by atoms with Gasteiger partial charge in [0.1, 0.15) is 0 Å². The number of carbonyl (C=O) groups is 3. The molecule has 2 aromatic rings. The van der Waals surface area contributed by atoms with Crippen LogP contribution in [0.15, 0.2) is 47.4 Å². The predicted octanol–water partition coefficient (Wildman–Crippen LogP) is 2.79. The third kappa shape index (κ3) is 4.29.